The van der Waals surface area contributed by atoms with Crippen LogP contribution in [0.2, 0.25) is 0 Å². The number of ether oxygens (including phenoxy) is 1. The van der Waals surface area contributed by atoms with Gasteiger partial charge in [-0.25, -0.2) is 9.89 Å². The van der Waals surface area contributed by atoms with Crippen molar-refractivity contribution in [3.8, 4) is 0 Å². The largest absolute Gasteiger partial charge is 0.376 e. The number of nitrogens with zero attached hydrogens (tertiary/aromatic N) is 4. The summed E-state index contributed by atoms with van der Waals surface area (Å²) in [5.74, 6) is 0.360. The molecule has 1 amide bonds. The van der Waals surface area contributed by atoms with Crippen molar-refractivity contribution < 1.29 is 9.53 Å². The first-order valence-electron chi connectivity index (χ1n) is 10.1. The predicted octanol–water partition coefficient (Wildman–Crippen LogP) is 1.50. The molecule has 3 heterocycles. The maximum atomic E-state index is 12.7. The van der Waals surface area contributed by atoms with Crippen LogP contribution in [0.5, 0.6) is 0 Å². The normalized spacial score (nSPS) is 19.7. The van der Waals surface area contributed by atoms with E-state index < -0.39 is 0 Å². The molecule has 156 valence electrons. The first kappa shape index (κ1) is 20.0. The van der Waals surface area contributed by atoms with Gasteiger partial charge in [0.2, 0.25) is 5.91 Å². The fraction of sp³-hybridized carbons (Fsp3) is 0.550. The Balaban J connectivity index is 1.29. The van der Waals surface area contributed by atoms with Crippen molar-refractivity contribution in [2.24, 2.45) is 0 Å². The van der Waals surface area contributed by atoms with Gasteiger partial charge in [0.25, 0.3) is 0 Å². The van der Waals surface area contributed by atoms with Gasteiger partial charge in [-0.2, -0.15) is 0 Å². The van der Waals surface area contributed by atoms with E-state index in [0.29, 0.717) is 24.8 Å². The number of thioether (sulfide) groups is 1. The lowest BCUT2D eigenvalue weighted by Crippen LogP contribution is -2.49. The molecule has 2 aromatic rings. The van der Waals surface area contributed by atoms with Crippen molar-refractivity contribution in [2.75, 3.05) is 43.4 Å². The van der Waals surface area contributed by atoms with Gasteiger partial charge in [0.1, 0.15) is 0 Å². The lowest BCUT2D eigenvalue weighted by atomic mass is 10.2. The number of aryl methyl sites for hydroxylation is 1. The van der Waals surface area contributed by atoms with Gasteiger partial charge in [0, 0.05) is 38.5 Å². The van der Waals surface area contributed by atoms with E-state index in [2.05, 4.69) is 46.3 Å². The Kier molecular flexibility index (Phi) is 6.25. The van der Waals surface area contributed by atoms with Crippen LogP contribution in [0.1, 0.15) is 18.4 Å². The molecule has 0 spiro atoms. The highest BCUT2D eigenvalue weighted by atomic mass is 32.2. The molecule has 2 fully saturated rings. The van der Waals surface area contributed by atoms with E-state index in [1.807, 2.05) is 4.90 Å². The molecule has 4 rings (SSSR count). The SMILES string of the molecule is Cc1cccc(N2CCN(C(=O)CSc3n[nH]c(=O)n3CC3CCCO3)CC2)c1. The summed E-state index contributed by atoms with van der Waals surface area (Å²) in [4.78, 5) is 28.9. The van der Waals surface area contributed by atoms with E-state index in [-0.39, 0.29) is 23.5 Å². The number of benzene rings is 1. The lowest BCUT2D eigenvalue weighted by Gasteiger charge is -2.36. The zero-order valence-electron chi connectivity index (χ0n) is 16.7. The minimum atomic E-state index is -0.248. The van der Waals surface area contributed by atoms with Crippen LogP contribution < -0.4 is 10.6 Å². The summed E-state index contributed by atoms with van der Waals surface area (Å²) in [6.07, 6.45) is 2.02. The van der Waals surface area contributed by atoms with Crippen LogP contribution >= 0.6 is 11.8 Å². The number of rotatable bonds is 6. The van der Waals surface area contributed by atoms with Crippen LogP contribution in [0, 0.1) is 6.92 Å². The van der Waals surface area contributed by atoms with Crippen molar-refractivity contribution >= 4 is 23.4 Å². The van der Waals surface area contributed by atoms with Gasteiger partial charge in [-0.05, 0) is 37.5 Å². The summed E-state index contributed by atoms with van der Waals surface area (Å²) in [6.45, 7) is 6.38. The lowest BCUT2D eigenvalue weighted by molar-refractivity contribution is -0.128. The molecule has 1 aromatic heterocycles. The number of anilines is 1. The van der Waals surface area contributed by atoms with Gasteiger partial charge < -0.3 is 14.5 Å². The molecule has 0 radical (unpaired) electrons. The Morgan fingerprint density at radius 3 is 2.86 bits per heavy atom. The smallest absolute Gasteiger partial charge is 0.344 e. The van der Waals surface area contributed by atoms with Crippen LogP contribution in [0.3, 0.4) is 0 Å². The van der Waals surface area contributed by atoms with E-state index in [1.165, 1.54) is 23.0 Å². The summed E-state index contributed by atoms with van der Waals surface area (Å²) >= 11 is 1.31. The van der Waals surface area contributed by atoms with Gasteiger partial charge in [-0.1, -0.05) is 23.9 Å². The van der Waals surface area contributed by atoms with E-state index in [0.717, 1.165) is 32.5 Å². The van der Waals surface area contributed by atoms with Gasteiger partial charge in [-0.15, -0.1) is 5.10 Å². The van der Waals surface area contributed by atoms with Crippen LogP contribution in [-0.4, -0.2) is 70.2 Å². The summed E-state index contributed by atoms with van der Waals surface area (Å²) < 4.78 is 7.21. The van der Waals surface area contributed by atoms with Gasteiger partial charge in [-0.3, -0.25) is 9.36 Å². The fourth-order valence-electron chi connectivity index (χ4n) is 3.82. The quantitative estimate of drug-likeness (QED) is 0.718. The minimum absolute atomic E-state index is 0.0510. The molecule has 1 atom stereocenters. The number of amides is 1. The predicted molar refractivity (Wildman–Crippen MR) is 113 cm³/mol. The van der Waals surface area contributed by atoms with E-state index >= 15 is 0 Å². The molecule has 0 aliphatic carbocycles. The average molecular weight is 418 g/mol. The topological polar surface area (TPSA) is 83.5 Å². The number of H-pyrrole nitrogens is 1. The number of carbonyl (C=O) groups is 1. The Hall–Kier alpha value is -2.26. The molecule has 2 saturated heterocycles. The molecule has 8 nitrogen and oxygen atoms in total. The molecule has 0 bridgehead atoms. The standard InChI is InChI=1S/C20H27N5O3S/c1-15-4-2-5-16(12-15)23-7-9-24(10-8-23)18(26)14-29-20-22-21-19(27)25(20)13-17-6-3-11-28-17/h2,4-5,12,17H,3,6-11,13-14H2,1H3,(H,21,27). The van der Waals surface area contributed by atoms with Crippen molar-refractivity contribution in [3.63, 3.8) is 0 Å². The number of hydrogen-bond donors (Lipinski definition) is 1. The highest BCUT2D eigenvalue weighted by molar-refractivity contribution is 7.99. The van der Waals surface area contributed by atoms with Gasteiger partial charge in [0.15, 0.2) is 5.16 Å². The fourth-order valence-corrected chi connectivity index (χ4v) is 4.68. The molecule has 0 saturated carbocycles. The molecular weight excluding hydrogens is 390 g/mol. The average Bonchev–Trinajstić information content (AvgIpc) is 3.37. The van der Waals surface area contributed by atoms with Crippen molar-refractivity contribution in [1.29, 1.82) is 0 Å². The molecule has 1 aromatic carbocycles. The summed E-state index contributed by atoms with van der Waals surface area (Å²) in [5.41, 5.74) is 2.20. The Bertz CT molecular complexity index is 898. The molecule has 2 aliphatic rings. The molecule has 29 heavy (non-hydrogen) atoms. The first-order valence-corrected chi connectivity index (χ1v) is 11.1. The minimum Gasteiger partial charge on any atom is -0.376 e. The zero-order valence-corrected chi connectivity index (χ0v) is 17.5. The number of piperazine rings is 1. The molecule has 1 unspecified atom stereocenters. The molecule has 1 N–H and O–H groups in total. The van der Waals surface area contributed by atoms with Crippen molar-refractivity contribution in [1.82, 2.24) is 19.7 Å². The Morgan fingerprint density at radius 1 is 1.31 bits per heavy atom. The van der Waals surface area contributed by atoms with Crippen LogP contribution in [0.15, 0.2) is 34.2 Å². The van der Waals surface area contributed by atoms with Crippen molar-refractivity contribution in [3.05, 3.63) is 40.3 Å². The summed E-state index contributed by atoms with van der Waals surface area (Å²) in [5, 5.41) is 7.13. The monoisotopic (exact) mass is 417 g/mol. The number of nitrogens with one attached hydrogen (secondary N) is 1. The second kappa shape index (κ2) is 9.04. The molecular formula is C20H27N5O3S. The Morgan fingerprint density at radius 2 is 2.14 bits per heavy atom. The van der Waals surface area contributed by atoms with Crippen molar-refractivity contribution in [2.45, 2.75) is 37.6 Å². The van der Waals surface area contributed by atoms with Crippen LogP contribution in [0.25, 0.3) is 0 Å². The third-order valence-corrected chi connectivity index (χ3v) is 6.42. The highest BCUT2D eigenvalue weighted by Gasteiger charge is 2.23. The summed E-state index contributed by atoms with van der Waals surface area (Å²) in [6, 6.07) is 8.45. The number of hydrogen-bond acceptors (Lipinski definition) is 6. The second-order valence-electron chi connectivity index (χ2n) is 7.55. The molecule has 9 heteroatoms. The van der Waals surface area contributed by atoms with Gasteiger partial charge >= 0.3 is 5.69 Å². The van der Waals surface area contributed by atoms with E-state index in [9.17, 15) is 9.59 Å². The summed E-state index contributed by atoms with van der Waals surface area (Å²) in [7, 11) is 0. The van der Waals surface area contributed by atoms with Crippen LogP contribution in [0.4, 0.5) is 5.69 Å². The number of aromatic amines is 1. The highest BCUT2D eigenvalue weighted by Crippen LogP contribution is 2.20. The second-order valence-corrected chi connectivity index (χ2v) is 8.49. The first-order chi connectivity index (χ1) is 14.1. The van der Waals surface area contributed by atoms with Gasteiger partial charge in [0.05, 0.1) is 18.4 Å². The van der Waals surface area contributed by atoms with E-state index in [1.54, 1.807) is 4.57 Å². The zero-order chi connectivity index (χ0) is 20.2. The number of carbonyl (C=O) groups excluding carboxylic acids is 1. The maximum absolute atomic E-state index is 12.7. The number of aromatic nitrogens is 3. The maximum Gasteiger partial charge on any atom is 0.344 e. The van der Waals surface area contributed by atoms with E-state index in [4.69, 9.17) is 4.74 Å². The third-order valence-electron chi connectivity index (χ3n) is 5.46. The van der Waals surface area contributed by atoms with Crippen LogP contribution in [-0.2, 0) is 16.1 Å². The third kappa shape index (κ3) is 4.84. The Labute approximate surface area is 174 Å². The molecule has 2 aliphatic heterocycles.